The lowest BCUT2D eigenvalue weighted by molar-refractivity contribution is -0.123. The summed E-state index contributed by atoms with van der Waals surface area (Å²) in [4.78, 5) is 35.0. The molecule has 2 heterocycles. The molecule has 20 heavy (non-hydrogen) atoms. The Morgan fingerprint density at radius 2 is 1.50 bits per heavy atom. The van der Waals surface area contributed by atoms with Crippen LogP contribution in [0.15, 0.2) is 18.5 Å². The van der Waals surface area contributed by atoms with Crippen molar-refractivity contribution in [1.82, 2.24) is 9.97 Å². The van der Waals surface area contributed by atoms with Crippen LogP contribution in [-0.2, 0) is 9.59 Å². The molecule has 6 atom stereocenters. The summed E-state index contributed by atoms with van der Waals surface area (Å²) < 4.78 is 0. The van der Waals surface area contributed by atoms with E-state index in [1.54, 1.807) is 18.5 Å². The average Bonchev–Trinajstić information content (AvgIpc) is 3.05. The molecule has 2 saturated carbocycles. The van der Waals surface area contributed by atoms with Gasteiger partial charge in [-0.2, -0.15) is 0 Å². The van der Waals surface area contributed by atoms with Crippen LogP contribution >= 0.6 is 31.9 Å². The first-order valence-corrected chi connectivity index (χ1v) is 8.37. The quantitative estimate of drug-likeness (QED) is 0.532. The molecule has 7 heteroatoms. The predicted molar refractivity (Wildman–Crippen MR) is 78.5 cm³/mol. The van der Waals surface area contributed by atoms with Gasteiger partial charge in [-0.15, -0.1) is 0 Å². The second kappa shape index (κ2) is 4.34. The first-order chi connectivity index (χ1) is 9.61. The van der Waals surface area contributed by atoms with Crippen LogP contribution in [0.4, 0.5) is 5.95 Å². The van der Waals surface area contributed by atoms with Crippen molar-refractivity contribution in [2.75, 3.05) is 4.90 Å². The molecule has 0 radical (unpaired) electrons. The number of carbonyl (C=O) groups excluding carboxylic acids is 2. The van der Waals surface area contributed by atoms with E-state index in [-0.39, 0.29) is 51.1 Å². The number of nitrogens with zero attached hydrogens (tertiary/aromatic N) is 3. The highest BCUT2D eigenvalue weighted by atomic mass is 79.9. The number of rotatable bonds is 1. The van der Waals surface area contributed by atoms with Crippen molar-refractivity contribution in [2.45, 2.75) is 16.1 Å². The minimum absolute atomic E-state index is 0.137. The van der Waals surface area contributed by atoms with Crippen LogP contribution in [0.2, 0.25) is 0 Å². The largest absolute Gasteiger partial charge is 0.274 e. The molecule has 0 spiro atoms. The zero-order valence-corrected chi connectivity index (χ0v) is 13.5. The summed E-state index contributed by atoms with van der Waals surface area (Å²) in [6, 6.07) is 1.67. The van der Waals surface area contributed by atoms with Crippen LogP contribution in [0.3, 0.4) is 0 Å². The Morgan fingerprint density at radius 1 is 1.00 bits per heavy atom. The number of amides is 2. The lowest BCUT2D eigenvalue weighted by Crippen LogP contribution is -2.37. The molecule has 1 aromatic heterocycles. The van der Waals surface area contributed by atoms with E-state index in [2.05, 4.69) is 41.8 Å². The van der Waals surface area contributed by atoms with Crippen LogP contribution in [0.5, 0.6) is 0 Å². The van der Waals surface area contributed by atoms with E-state index in [9.17, 15) is 9.59 Å². The monoisotopic (exact) mass is 399 g/mol. The van der Waals surface area contributed by atoms with E-state index in [1.807, 2.05) is 0 Å². The van der Waals surface area contributed by atoms with E-state index >= 15 is 0 Å². The minimum atomic E-state index is -0.213. The highest BCUT2D eigenvalue weighted by Crippen LogP contribution is 2.60. The van der Waals surface area contributed by atoms with Crippen molar-refractivity contribution in [1.29, 1.82) is 0 Å². The number of carbonyl (C=O) groups is 2. The van der Waals surface area contributed by atoms with Gasteiger partial charge in [0.1, 0.15) is 0 Å². The van der Waals surface area contributed by atoms with E-state index in [4.69, 9.17) is 0 Å². The highest BCUT2D eigenvalue weighted by molar-refractivity contribution is 9.12. The van der Waals surface area contributed by atoms with Crippen molar-refractivity contribution in [3.05, 3.63) is 18.5 Å². The maximum absolute atomic E-state index is 12.6. The van der Waals surface area contributed by atoms with Gasteiger partial charge in [0.2, 0.25) is 17.8 Å². The number of fused-ring (bicyclic) bond motifs is 5. The smallest absolute Gasteiger partial charge is 0.240 e. The Balaban J connectivity index is 1.75. The summed E-state index contributed by atoms with van der Waals surface area (Å²) in [5, 5.41) is 0. The zero-order valence-electron chi connectivity index (χ0n) is 10.3. The lowest BCUT2D eigenvalue weighted by Gasteiger charge is -2.28. The number of aromatic nitrogens is 2. The normalized spacial score (nSPS) is 42.4. The van der Waals surface area contributed by atoms with Crippen LogP contribution in [0.25, 0.3) is 0 Å². The number of hydrogen-bond acceptors (Lipinski definition) is 4. The van der Waals surface area contributed by atoms with Gasteiger partial charge >= 0.3 is 0 Å². The number of anilines is 1. The number of hydrogen-bond donors (Lipinski definition) is 0. The van der Waals surface area contributed by atoms with Gasteiger partial charge in [0.05, 0.1) is 11.8 Å². The van der Waals surface area contributed by atoms with Crippen molar-refractivity contribution < 1.29 is 9.59 Å². The molecular formula is C13H11Br2N3O2. The van der Waals surface area contributed by atoms with Crippen molar-refractivity contribution in [3.8, 4) is 0 Å². The fourth-order valence-electron chi connectivity index (χ4n) is 3.95. The van der Waals surface area contributed by atoms with E-state index in [0.717, 1.165) is 6.42 Å². The fourth-order valence-corrected chi connectivity index (χ4v) is 5.83. The van der Waals surface area contributed by atoms with Gasteiger partial charge in [-0.3, -0.25) is 9.59 Å². The van der Waals surface area contributed by atoms with Gasteiger partial charge in [-0.05, 0) is 24.3 Å². The van der Waals surface area contributed by atoms with E-state index < -0.39 is 0 Å². The van der Waals surface area contributed by atoms with Gasteiger partial charge in [-0.25, -0.2) is 14.9 Å². The summed E-state index contributed by atoms with van der Waals surface area (Å²) in [7, 11) is 0. The lowest BCUT2D eigenvalue weighted by atomic mass is 9.81. The Hall–Kier alpha value is -0.820. The molecule has 3 fully saturated rings. The molecule has 1 aromatic rings. The molecule has 2 aliphatic carbocycles. The zero-order chi connectivity index (χ0) is 14.0. The van der Waals surface area contributed by atoms with Crippen LogP contribution < -0.4 is 4.90 Å². The maximum Gasteiger partial charge on any atom is 0.240 e. The molecule has 0 N–H and O–H groups in total. The van der Waals surface area contributed by atoms with E-state index in [0.29, 0.717) is 0 Å². The second-order valence-corrected chi connectivity index (χ2v) is 7.68. The Kier molecular flexibility index (Phi) is 2.79. The summed E-state index contributed by atoms with van der Waals surface area (Å²) in [5.74, 6) is -0.0540. The number of halogens is 2. The van der Waals surface area contributed by atoms with Gasteiger partial charge in [0.15, 0.2) is 0 Å². The molecule has 4 rings (SSSR count). The summed E-state index contributed by atoms with van der Waals surface area (Å²) in [6.07, 6.45) is 4.03. The third-order valence-corrected chi connectivity index (χ3v) is 7.95. The highest BCUT2D eigenvalue weighted by Gasteiger charge is 2.66. The molecule has 2 amide bonds. The van der Waals surface area contributed by atoms with Crippen LogP contribution in [0.1, 0.15) is 6.42 Å². The average molecular weight is 401 g/mol. The molecular weight excluding hydrogens is 390 g/mol. The third-order valence-electron chi connectivity index (χ3n) is 4.74. The number of imide groups is 1. The maximum atomic E-state index is 12.6. The second-order valence-electron chi connectivity index (χ2n) is 5.56. The SMILES string of the molecule is O=C1[C@@H]2[C@H]3C[C@@H]([C@@H](Br)[C@H]3Br)[C@H]2C(=O)N1c1ncccn1. The number of alkyl halides is 2. The van der Waals surface area contributed by atoms with Gasteiger partial charge in [-0.1, -0.05) is 31.9 Å². The topological polar surface area (TPSA) is 63.2 Å². The fraction of sp³-hybridized carbons (Fsp3) is 0.538. The summed E-state index contributed by atoms with van der Waals surface area (Å²) in [6.45, 7) is 0. The first kappa shape index (κ1) is 12.9. The molecule has 0 unspecified atom stereocenters. The molecule has 5 nitrogen and oxygen atoms in total. The molecule has 2 bridgehead atoms. The predicted octanol–water partition coefficient (Wildman–Crippen LogP) is 1.76. The Morgan fingerprint density at radius 3 is 2.00 bits per heavy atom. The third kappa shape index (κ3) is 1.48. The molecule has 3 aliphatic rings. The Bertz CT molecular complexity index is 565. The Labute approximate surface area is 132 Å². The molecule has 0 aromatic carbocycles. The summed E-state index contributed by atoms with van der Waals surface area (Å²) in [5.41, 5.74) is 0. The molecule has 1 aliphatic heterocycles. The summed E-state index contributed by atoms with van der Waals surface area (Å²) >= 11 is 7.32. The van der Waals surface area contributed by atoms with Gasteiger partial charge in [0, 0.05) is 22.0 Å². The van der Waals surface area contributed by atoms with Gasteiger partial charge < -0.3 is 0 Å². The van der Waals surface area contributed by atoms with Crippen molar-refractivity contribution in [3.63, 3.8) is 0 Å². The molecule has 1 saturated heterocycles. The van der Waals surface area contributed by atoms with E-state index in [1.165, 1.54) is 4.90 Å². The van der Waals surface area contributed by atoms with Gasteiger partial charge in [0.25, 0.3) is 0 Å². The van der Waals surface area contributed by atoms with Crippen LogP contribution in [-0.4, -0.2) is 31.4 Å². The minimum Gasteiger partial charge on any atom is -0.274 e. The molecule has 104 valence electrons. The standard InChI is InChI=1S/C13H11Br2N3O2/c14-9-5-4-6(10(9)15)8-7(5)11(19)18(12(8)20)13-16-2-1-3-17-13/h1-3,5-10H,4H2/t5-,6-,7-,8-,9-,10+/m1/s1. The van der Waals surface area contributed by atoms with Crippen molar-refractivity contribution in [2.24, 2.45) is 23.7 Å². The van der Waals surface area contributed by atoms with Crippen LogP contribution in [0, 0.1) is 23.7 Å². The van der Waals surface area contributed by atoms with Crippen molar-refractivity contribution >= 4 is 49.6 Å². The first-order valence-electron chi connectivity index (χ1n) is 6.54.